The van der Waals surface area contributed by atoms with Crippen LogP contribution >= 0.6 is 11.3 Å². The number of likely N-dealkylation sites (tertiary alicyclic amines) is 1. The molecule has 5 heteroatoms. The topological polar surface area (TPSA) is 38.1 Å². The zero-order valence-electron chi connectivity index (χ0n) is 11.4. The standard InChI is InChI=1S/C15H19N3OS/c19-15(4-3-13-5-9-20-11-13)17-7-1-2-14(10-17)18-8-6-16-12-18/h5-6,8-9,11-12,14H,1-4,7,10H2. The van der Waals surface area contributed by atoms with Crippen LogP contribution in [0.1, 0.15) is 30.9 Å². The fourth-order valence-corrected chi connectivity index (χ4v) is 3.46. The van der Waals surface area contributed by atoms with E-state index in [0.29, 0.717) is 12.5 Å². The second kappa shape index (κ2) is 6.22. The minimum absolute atomic E-state index is 0.279. The van der Waals surface area contributed by atoms with E-state index >= 15 is 0 Å². The molecule has 106 valence electrons. The van der Waals surface area contributed by atoms with Gasteiger partial charge in [0.25, 0.3) is 0 Å². The van der Waals surface area contributed by atoms with Gasteiger partial charge in [0.05, 0.1) is 12.4 Å². The fraction of sp³-hybridized carbons (Fsp3) is 0.467. The van der Waals surface area contributed by atoms with Crippen molar-refractivity contribution in [3.8, 4) is 0 Å². The number of carbonyl (C=O) groups excluding carboxylic acids is 1. The molecule has 0 radical (unpaired) electrons. The van der Waals surface area contributed by atoms with Crippen molar-refractivity contribution in [1.29, 1.82) is 0 Å². The highest BCUT2D eigenvalue weighted by molar-refractivity contribution is 7.07. The van der Waals surface area contributed by atoms with Gasteiger partial charge in [0, 0.05) is 31.9 Å². The minimum Gasteiger partial charge on any atom is -0.341 e. The summed E-state index contributed by atoms with van der Waals surface area (Å²) in [6.07, 6.45) is 9.32. The maximum Gasteiger partial charge on any atom is 0.222 e. The quantitative estimate of drug-likeness (QED) is 0.868. The molecule has 1 fully saturated rings. The third-order valence-corrected chi connectivity index (χ3v) is 4.64. The van der Waals surface area contributed by atoms with Crippen LogP contribution in [0.15, 0.2) is 35.5 Å². The van der Waals surface area contributed by atoms with Gasteiger partial charge in [-0.05, 0) is 41.7 Å². The zero-order chi connectivity index (χ0) is 13.8. The Hall–Kier alpha value is -1.62. The van der Waals surface area contributed by atoms with E-state index in [9.17, 15) is 4.79 Å². The monoisotopic (exact) mass is 289 g/mol. The van der Waals surface area contributed by atoms with Gasteiger partial charge in [-0.2, -0.15) is 11.3 Å². The number of thiophene rings is 1. The number of imidazole rings is 1. The lowest BCUT2D eigenvalue weighted by atomic mass is 10.0. The smallest absolute Gasteiger partial charge is 0.222 e. The molecular weight excluding hydrogens is 270 g/mol. The molecule has 1 amide bonds. The molecule has 1 unspecified atom stereocenters. The molecule has 3 heterocycles. The summed E-state index contributed by atoms with van der Waals surface area (Å²) in [5.41, 5.74) is 1.27. The summed E-state index contributed by atoms with van der Waals surface area (Å²) in [6.45, 7) is 1.71. The van der Waals surface area contributed by atoms with Gasteiger partial charge in [-0.1, -0.05) is 0 Å². The van der Waals surface area contributed by atoms with Gasteiger partial charge in [0.2, 0.25) is 5.91 Å². The van der Waals surface area contributed by atoms with E-state index in [-0.39, 0.29) is 5.91 Å². The lowest BCUT2D eigenvalue weighted by Crippen LogP contribution is -2.40. The second-order valence-electron chi connectivity index (χ2n) is 5.28. The van der Waals surface area contributed by atoms with Gasteiger partial charge in [0.15, 0.2) is 0 Å². The first kappa shape index (κ1) is 13.4. The molecular formula is C15H19N3OS. The molecule has 1 aliphatic heterocycles. The summed E-state index contributed by atoms with van der Waals surface area (Å²) in [7, 11) is 0. The van der Waals surface area contributed by atoms with Crippen LogP contribution in [0.25, 0.3) is 0 Å². The van der Waals surface area contributed by atoms with E-state index in [1.165, 1.54) is 5.56 Å². The number of hydrogen-bond donors (Lipinski definition) is 0. The van der Waals surface area contributed by atoms with Gasteiger partial charge >= 0.3 is 0 Å². The Balaban J connectivity index is 1.55. The van der Waals surface area contributed by atoms with E-state index in [1.54, 1.807) is 17.5 Å². The van der Waals surface area contributed by atoms with Crippen molar-refractivity contribution in [3.05, 3.63) is 41.1 Å². The number of aromatic nitrogens is 2. The predicted molar refractivity (Wildman–Crippen MR) is 79.7 cm³/mol. The van der Waals surface area contributed by atoms with Crippen molar-refractivity contribution in [2.24, 2.45) is 0 Å². The van der Waals surface area contributed by atoms with Crippen LogP contribution in [0, 0.1) is 0 Å². The molecule has 0 N–H and O–H groups in total. The van der Waals surface area contributed by atoms with Crippen LogP contribution in [-0.4, -0.2) is 33.4 Å². The highest BCUT2D eigenvalue weighted by atomic mass is 32.1. The largest absolute Gasteiger partial charge is 0.341 e. The summed E-state index contributed by atoms with van der Waals surface area (Å²) in [5.74, 6) is 0.279. The highest BCUT2D eigenvalue weighted by Gasteiger charge is 2.24. The third kappa shape index (κ3) is 3.10. The van der Waals surface area contributed by atoms with Crippen molar-refractivity contribution >= 4 is 17.2 Å². The maximum absolute atomic E-state index is 12.3. The molecule has 0 saturated carbocycles. The fourth-order valence-electron chi connectivity index (χ4n) is 2.75. The van der Waals surface area contributed by atoms with Crippen molar-refractivity contribution in [2.45, 2.75) is 31.7 Å². The number of rotatable bonds is 4. The Morgan fingerprint density at radius 3 is 3.20 bits per heavy atom. The lowest BCUT2D eigenvalue weighted by Gasteiger charge is -2.33. The molecule has 0 bridgehead atoms. The van der Waals surface area contributed by atoms with Crippen molar-refractivity contribution in [2.75, 3.05) is 13.1 Å². The molecule has 1 aliphatic rings. The van der Waals surface area contributed by atoms with E-state index in [1.807, 2.05) is 17.4 Å². The van der Waals surface area contributed by atoms with E-state index in [2.05, 4.69) is 26.4 Å². The highest BCUT2D eigenvalue weighted by Crippen LogP contribution is 2.22. The third-order valence-electron chi connectivity index (χ3n) is 3.90. The first-order chi connectivity index (χ1) is 9.83. The molecule has 0 aliphatic carbocycles. The first-order valence-electron chi connectivity index (χ1n) is 7.09. The molecule has 20 heavy (non-hydrogen) atoms. The van der Waals surface area contributed by atoms with Crippen LogP contribution < -0.4 is 0 Å². The van der Waals surface area contributed by atoms with Crippen molar-refractivity contribution in [3.63, 3.8) is 0 Å². The minimum atomic E-state index is 0.279. The van der Waals surface area contributed by atoms with Crippen LogP contribution in [0.2, 0.25) is 0 Å². The van der Waals surface area contributed by atoms with Crippen LogP contribution in [0.4, 0.5) is 0 Å². The Morgan fingerprint density at radius 2 is 2.45 bits per heavy atom. The Kier molecular flexibility index (Phi) is 4.16. The number of hydrogen-bond acceptors (Lipinski definition) is 3. The van der Waals surface area contributed by atoms with Gasteiger partial charge in [0.1, 0.15) is 0 Å². The molecule has 1 atom stereocenters. The van der Waals surface area contributed by atoms with E-state index in [0.717, 1.165) is 32.4 Å². The first-order valence-corrected chi connectivity index (χ1v) is 8.03. The SMILES string of the molecule is O=C(CCc1ccsc1)N1CCCC(n2ccnc2)C1. The molecule has 3 rings (SSSR count). The zero-order valence-corrected chi connectivity index (χ0v) is 12.3. The Bertz CT molecular complexity index is 535. The summed E-state index contributed by atoms with van der Waals surface area (Å²) in [4.78, 5) is 18.4. The maximum atomic E-state index is 12.3. The number of nitrogens with zero attached hydrogens (tertiary/aromatic N) is 3. The average Bonchev–Trinajstić information content (AvgIpc) is 3.18. The normalized spacial score (nSPS) is 19.2. The number of aryl methyl sites for hydroxylation is 1. The van der Waals surface area contributed by atoms with E-state index in [4.69, 9.17) is 0 Å². The molecule has 0 aromatic carbocycles. The van der Waals surface area contributed by atoms with Crippen molar-refractivity contribution in [1.82, 2.24) is 14.5 Å². The van der Waals surface area contributed by atoms with E-state index < -0.39 is 0 Å². The van der Waals surface area contributed by atoms with Crippen LogP contribution in [0.3, 0.4) is 0 Å². The second-order valence-corrected chi connectivity index (χ2v) is 6.06. The summed E-state index contributed by atoms with van der Waals surface area (Å²) in [5, 5.41) is 4.19. The molecule has 1 saturated heterocycles. The molecule has 2 aromatic rings. The van der Waals surface area contributed by atoms with Gasteiger partial charge in [-0.15, -0.1) is 0 Å². The number of amides is 1. The predicted octanol–water partition coefficient (Wildman–Crippen LogP) is 2.74. The van der Waals surface area contributed by atoms with Crippen molar-refractivity contribution < 1.29 is 4.79 Å². The van der Waals surface area contributed by atoms with Gasteiger partial charge in [-0.3, -0.25) is 4.79 Å². The molecule has 0 spiro atoms. The van der Waals surface area contributed by atoms with Crippen LogP contribution in [0.5, 0.6) is 0 Å². The number of piperidine rings is 1. The van der Waals surface area contributed by atoms with Crippen LogP contribution in [-0.2, 0) is 11.2 Å². The lowest BCUT2D eigenvalue weighted by molar-refractivity contribution is -0.132. The van der Waals surface area contributed by atoms with Gasteiger partial charge < -0.3 is 9.47 Å². The Labute approximate surface area is 123 Å². The molecule has 2 aromatic heterocycles. The summed E-state index contributed by atoms with van der Waals surface area (Å²) >= 11 is 1.69. The summed E-state index contributed by atoms with van der Waals surface area (Å²) in [6, 6.07) is 2.49. The summed E-state index contributed by atoms with van der Waals surface area (Å²) < 4.78 is 2.12. The number of carbonyl (C=O) groups is 1. The molecule has 4 nitrogen and oxygen atoms in total. The average molecular weight is 289 g/mol. The van der Waals surface area contributed by atoms with Gasteiger partial charge in [-0.25, -0.2) is 4.98 Å². The Morgan fingerprint density at radius 1 is 1.50 bits per heavy atom.